The topological polar surface area (TPSA) is 54.9 Å². The molecule has 0 saturated carbocycles. The van der Waals surface area contributed by atoms with E-state index in [1.807, 2.05) is 0 Å². The fourth-order valence-corrected chi connectivity index (χ4v) is 2.49. The van der Waals surface area contributed by atoms with E-state index in [4.69, 9.17) is 11.6 Å². The summed E-state index contributed by atoms with van der Waals surface area (Å²) in [5, 5.41) is 2.87. The quantitative estimate of drug-likeness (QED) is 0.503. The smallest absolute Gasteiger partial charge is 0.288 e. The number of hydrogen-bond acceptors (Lipinski definition) is 5. The molecule has 0 aliphatic heterocycles. The van der Waals surface area contributed by atoms with E-state index < -0.39 is 5.76 Å². The third kappa shape index (κ3) is 3.89. The van der Waals surface area contributed by atoms with Gasteiger partial charge >= 0.3 is 0 Å². The molecule has 0 atom stereocenters. The second-order valence-electron chi connectivity index (χ2n) is 3.94. The maximum Gasteiger partial charge on any atom is 0.288 e. The largest absolute Gasteiger partial charge is 0.339 e. The van der Waals surface area contributed by atoms with E-state index in [0.29, 0.717) is 34.5 Å². The third-order valence-electron chi connectivity index (χ3n) is 2.48. The zero-order valence-corrected chi connectivity index (χ0v) is 12.4. The Balaban J connectivity index is 2.41. The number of aryl methyl sites for hydroxylation is 1. The number of nitrogens with zero attached hydrogens (tertiary/aromatic N) is 2. The predicted octanol–water partition coefficient (Wildman–Crippen LogP) is 4.31. The Bertz CT molecular complexity index is 670. The number of nitrogens with one attached hydrogen (secondary N) is 1. The monoisotopic (exact) mass is 329 g/mol. The summed E-state index contributed by atoms with van der Waals surface area (Å²) in [5.41, 5.74) is 0.499. The van der Waals surface area contributed by atoms with Crippen LogP contribution in [-0.4, -0.2) is 22.0 Å². The third-order valence-corrected chi connectivity index (χ3v) is 3.56. The van der Waals surface area contributed by atoms with Gasteiger partial charge in [0, 0.05) is 4.90 Å². The van der Waals surface area contributed by atoms with Crippen molar-refractivity contribution in [2.24, 2.45) is 0 Å². The van der Waals surface area contributed by atoms with Gasteiger partial charge in [-0.15, -0.1) is 0 Å². The zero-order chi connectivity index (χ0) is 15.4. The maximum atomic E-state index is 12.5. The number of carbonyl (C=O) groups excluding carboxylic acids is 1. The van der Waals surface area contributed by atoms with Gasteiger partial charge in [0.25, 0.3) is 5.76 Å². The van der Waals surface area contributed by atoms with Gasteiger partial charge in [-0.05, 0) is 19.1 Å². The highest BCUT2D eigenvalue weighted by molar-refractivity contribution is 7.99. The molecule has 0 saturated heterocycles. The number of para-hydroxylation sites is 1. The summed E-state index contributed by atoms with van der Waals surface area (Å²) in [6.07, 6.45) is 0.521. The number of halogens is 3. The molecular formula is C13H10ClF2N3OS. The number of carbonyl (C=O) groups is 1. The molecule has 1 heterocycles. The first kappa shape index (κ1) is 15.7. The Hall–Kier alpha value is -1.73. The minimum absolute atomic E-state index is 0.0130. The van der Waals surface area contributed by atoms with Crippen molar-refractivity contribution in [2.75, 3.05) is 5.32 Å². The van der Waals surface area contributed by atoms with Crippen molar-refractivity contribution in [1.82, 2.24) is 9.97 Å². The van der Waals surface area contributed by atoms with Crippen LogP contribution >= 0.6 is 23.4 Å². The molecule has 2 rings (SSSR count). The van der Waals surface area contributed by atoms with Crippen LogP contribution in [0.5, 0.6) is 0 Å². The van der Waals surface area contributed by atoms with Crippen LogP contribution in [0.4, 0.5) is 20.3 Å². The Morgan fingerprint density at radius 2 is 2.05 bits per heavy atom. The number of thioether (sulfide) groups is 1. The lowest BCUT2D eigenvalue weighted by atomic mass is 10.3. The van der Waals surface area contributed by atoms with Crippen molar-refractivity contribution in [2.45, 2.75) is 17.6 Å². The normalized spacial score (nSPS) is 10.7. The molecule has 1 N–H and O–H groups in total. The summed E-state index contributed by atoms with van der Waals surface area (Å²) in [4.78, 5) is 19.4. The summed E-state index contributed by atoms with van der Waals surface area (Å²) in [5.74, 6) is -1.99. The van der Waals surface area contributed by atoms with Crippen molar-refractivity contribution in [1.29, 1.82) is 0 Å². The van der Waals surface area contributed by atoms with E-state index >= 15 is 0 Å². The highest BCUT2D eigenvalue weighted by Gasteiger charge is 2.14. The average Bonchev–Trinajstić information content (AvgIpc) is 2.40. The minimum Gasteiger partial charge on any atom is -0.339 e. The summed E-state index contributed by atoms with van der Waals surface area (Å²) in [7, 11) is 0. The molecule has 0 spiro atoms. The van der Waals surface area contributed by atoms with E-state index in [1.165, 1.54) is 0 Å². The molecule has 4 nitrogen and oxygen atoms in total. The SMILES string of the molecule is Cc1nc(Cl)c(C=O)c(Nc2ccccc2SC(F)F)n1. The van der Waals surface area contributed by atoms with Gasteiger partial charge < -0.3 is 5.32 Å². The number of aldehydes is 1. The number of anilines is 2. The van der Waals surface area contributed by atoms with Crippen molar-refractivity contribution < 1.29 is 13.6 Å². The van der Waals surface area contributed by atoms with Crippen molar-refractivity contribution in [3.05, 3.63) is 40.8 Å². The van der Waals surface area contributed by atoms with Crippen LogP contribution < -0.4 is 5.32 Å². The number of aromatic nitrogens is 2. The Kier molecular flexibility index (Phi) is 5.08. The van der Waals surface area contributed by atoms with Crippen LogP contribution in [-0.2, 0) is 0 Å². The minimum atomic E-state index is -2.55. The zero-order valence-electron chi connectivity index (χ0n) is 10.8. The molecule has 0 bridgehead atoms. The lowest BCUT2D eigenvalue weighted by molar-refractivity contribution is 0.112. The van der Waals surface area contributed by atoms with E-state index in [0.717, 1.165) is 0 Å². The maximum absolute atomic E-state index is 12.5. The number of alkyl halides is 2. The fraction of sp³-hybridized carbons (Fsp3) is 0.154. The van der Waals surface area contributed by atoms with Crippen LogP contribution in [0.25, 0.3) is 0 Å². The standard InChI is InChI=1S/C13H10ClF2N3OS/c1-7-17-11(14)8(6-20)12(18-7)19-9-4-2-3-5-10(9)21-13(15)16/h2-6,13H,1H3,(H,17,18,19). The summed E-state index contributed by atoms with van der Waals surface area (Å²) in [6.45, 7) is 1.62. The van der Waals surface area contributed by atoms with Gasteiger partial charge in [-0.3, -0.25) is 4.79 Å². The second kappa shape index (κ2) is 6.82. The van der Waals surface area contributed by atoms with Gasteiger partial charge in [0.05, 0.1) is 11.3 Å². The summed E-state index contributed by atoms with van der Waals surface area (Å²) >= 11 is 6.28. The van der Waals surface area contributed by atoms with Crippen LogP contribution in [0, 0.1) is 6.92 Å². The van der Waals surface area contributed by atoms with Gasteiger partial charge in [0.15, 0.2) is 6.29 Å². The fourth-order valence-electron chi connectivity index (χ4n) is 1.64. The number of benzene rings is 1. The first-order chi connectivity index (χ1) is 10.0. The molecular weight excluding hydrogens is 320 g/mol. The van der Waals surface area contributed by atoms with Crippen molar-refractivity contribution >= 4 is 41.2 Å². The van der Waals surface area contributed by atoms with Gasteiger partial charge in [-0.2, -0.15) is 8.78 Å². The molecule has 21 heavy (non-hydrogen) atoms. The van der Waals surface area contributed by atoms with Gasteiger partial charge in [0.2, 0.25) is 0 Å². The van der Waals surface area contributed by atoms with E-state index in [9.17, 15) is 13.6 Å². The average molecular weight is 330 g/mol. The molecule has 0 aliphatic rings. The number of rotatable bonds is 5. The molecule has 0 aliphatic carbocycles. The molecule has 2 aromatic rings. The lowest BCUT2D eigenvalue weighted by Crippen LogP contribution is -2.04. The van der Waals surface area contributed by atoms with E-state index in [-0.39, 0.29) is 16.5 Å². The van der Waals surface area contributed by atoms with Crippen molar-refractivity contribution in [3.8, 4) is 0 Å². The summed E-state index contributed by atoms with van der Waals surface area (Å²) < 4.78 is 25.1. The predicted molar refractivity (Wildman–Crippen MR) is 78.8 cm³/mol. The molecule has 0 amide bonds. The molecule has 8 heteroatoms. The lowest BCUT2D eigenvalue weighted by Gasteiger charge is -2.13. The molecule has 1 aromatic heterocycles. The molecule has 110 valence electrons. The highest BCUT2D eigenvalue weighted by atomic mass is 35.5. The second-order valence-corrected chi connectivity index (χ2v) is 5.33. The van der Waals surface area contributed by atoms with Crippen LogP contribution in [0.15, 0.2) is 29.2 Å². The molecule has 0 unspecified atom stereocenters. The van der Waals surface area contributed by atoms with Crippen LogP contribution in [0.2, 0.25) is 5.15 Å². The van der Waals surface area contributed by atoms with Crippen LogP contribution in [0.1, 0.15) is 16.2 Å². The Labute approximate surface area is 128 Å². The van der Waals surface area contributed by atoms with Gasteiger partial charge in [-0.25, -0.2) is 9.97 Å². The Morgan fingerprint density at radius 3 is 2.71 bits per heavy atom. The van der Waals surface area contributed by atoms with Crippen LogP contribution in [0.3, 0.4) is 0 Å². The molecule has 1 aromatic carbocycles. The number of hydrogen-bond donors (Lipinski definition) is 1. The first-order valence-electron chi connectivity index (χ1n) is 5.81. The van der Waals surface area contributed by atoms with Gasteiger partial charge in [-0.1, -0.05) is 35.5 Å². The molecule has 0 radical (unpaired) electrons. The summed E-state index contributed by atoms with van der Waals surface area (Å²) in [6, 6.07) is 6.50. The van der Waals surface area contributed by atoms with E-state index in [2.05, 4.69) is 15.3 Å². The van der Waals surface area contributed by atoms with E-state index in [1.54, 1.807) is 31.2 Å². The Morgan fingerprint density at radius 1 is 1.33 bits per heavy atom. The van der Waals surface area contributed by atoms with Crippen molar-refractivity contribution in [3.63, 3.8) is 0 Å². The molecule has 0 fully saturated rings. The highest BCUT2D eigenvalue weighted by Crippen LogP contribution is 2.34. The first-order valence-corrected chi connectivity index (χ1v) is 7.07. The van der Waals surface area contributed by atoms with Gasteiger partial charge in [0.1, 0.15) is 16.8 Å².